The summed E-state index contributed by atoms with van der Waals surface area (Å²) in [7, 11) is -4.40. The number of phosphoric acid groups is 1. The standard InChI is InChI=1S/C43H74NO8P/c1-3-5-7-9-11-13-15-17-19-20-22-23-25-27-29-31-33-35-42(45)49-39-41(40-51-53(47,48)50-38-37-44)52-43(46)36-34-32-30-28-26-24-21-18-16-14-12-10-8-6-4-2/h12,14,17-19,21-23,26-29,41H,3-11,13,15-16,20,24-25,30-40,44H2,1-2H3,(H,47,48)/b14-12-,19-17-,21-18-,23-22-,28-26-,29-27-/t41-/m1/s1. The first kappa shape index (κ1) is 50.5. The third kappa shape index (κ3) is 39.0. The van der Waals surface area contributed by atoms with E-state index in [4.69, 9.17) is 24.3 Å². The first-order valence-electron chi connectivity index (χ1n) is 20.4. The van der Waals surface area contributed by atoms with Gasteiger partial charge in [-0.1, -0.05) is 132 Å². The topological polar surface area (TPSA) is 134 Å². The second kappa shape index (κ2) is 39.2. The maximum atomic E-state index is 12.5. The number of carbonyl (C=O) groups is 2. The Balaban J connectivity index is 4.36. The van der Waals surface area contributed by atoms with Crippen LogP contribution in [0.2, 0.25) is 0 Å². The predicted molar refractivity (Wildman–Crippen MR) is 219 cm³/mol. The van der Waals surface area contributed by atoms with Gasteiger partial charge in [0.1, 0.15) is 6.61 Å². The van der Waals surface area contributed by atoms with Crippen molar-refractivity contribution in [2.75, 3.05) is 26.4 Å². The maximum absolute atomic E-state index is 12.5. The Labute approximate surface area is 322 Å². The van der Waals surface area contributed by atoms with Crippen LogP contribution in [0, 0.1) is 0 Å². The highest BCUT2D eigenvalue weighted by Crippen LogP contribution is 2.43. The van der Waals surface area contributed by atoms with Crippen molar-refractivity contribution in [3.8, 4) is 0 Å². The van der Waals surface area contributed by atoms with Crippen molar-refractivity contribution in [3.63, 3.8) is 0 Å². The van der Waals surface area contributed by atoms with Crippen LogP contribution in [0.15, 0.2) is 72.9 Å². The SMILES string of the molecule is CCCCC/C=C\C/C=C\C/C=C\CCCCC(=O)O[C@H](COC(=O)CCC/C=C\C/C=C\C/C=C\CCCCCCCC)COP(=O)(O)OCCN. The van der Waals surface area contributed by atoms with Crippen molar-refractivity contribution in [3.05, 3.63) is 72.9 Å². The zero-order valence-corrected chi connectivity index (χ0v) is 34.1. The van der Waals surface area contributed by atoms with Crippen LogP contribution >= 0.6 is 7.82 Å². The summed E-state index contributed by atoms with van der Waals surface area (Å²) in [5.74, 6) is -0.942. The zero-order chi connectivity index (χ0) is 38.9. The van der Waals surface area contributed by atoms with E-state index in [0.717, 1.165) is 57.8 Å². The number of unbranched alkanes of at least 4 members (excludes halogenated alkanes) is 12. The van der Waals surface area contributed by atoms with Crippen LogP contribution in [0.1, 0.15) is 155 Å². The Morgan fingerprint density at radius 2 is 1.00 bits per heavy atom. The quantitative estimate of drug-likeness (QED) is 0.0274. The van der Waals surface area contributed by atoms with Gasteiger partial charge in [-0.25, -0.2) is 4.57 Å². The van der Waals surface area contributed by atoms with E-state index < -0.39 is 32.5 Å². The fourth-order valence-electron chi connectivity index (χ4n) is 5.01. The lowest BCUT2D eigenvalue weighted by Crippen LogP contribution is -2.29. The summed E-state index contributed by atoms with van der Waals surface area (Å²) in [6.45, 7) is 3.57. The molecule has 0 saturated carbocycles. The minimum atomic E-state index is -4.40. The highest BCUT2D eigenvalue weighted by atomic mass is 31.2. The lowest BCUT2D eigenvalue weighted by molar-refractivity contribution is -0.161. The molecule has 1 unspecified atom stereocenters. The van der Waals surface area contributed by atoms with E-state index in [1.165, 1.54) is 57.8 Å². The molecule has 0 aromatic carbocycles. The predicted octanol–water partition coefficient (Wildman–Crippen LogP) is 11.5. The Morgan fingerprint density at radius 1 is 0.566 bits per heavy atom. The summed E-state index contributed by atoms with van der Waals surface area (Å²) in [6.07, 6.45) is 46.6. The second-order valence-corrected chi connectivity index (χ2v) is 14.6. The molecule has 10 heteroatoms. The summed E-state index contributed by atoms with van der Waals surface area (Å²) in [4.78, 5) is 34.7. The van der Waals surface area contributed by atoms with Crippen LogP contribution < -0.4 is 5.73 Å². The highest BCUT2D eigenvalue weighted by molar-refractivity contribution is 7.47. The van der Waals surface area contributed by atoms with Gasteiger partial charge >= 0.3 is 19.8 Å². The van der Waals surface area contributed by atoms with Gasteiger partial charge in [0.15, 0.2) is 6.10 Å². The number of hydrogen-bond acceptors (Lipinski definition) is 8. The van der Waals surface area contributed by atoms with Gasteiger partial charge in [0.25, 0.3) is 0 Å². The van der Waals surface area contributed by atoms with Crippen LogP contribution in [-0.4, -0.2) is 49.3 Å². The molecule has 0 aromatic rings. The number of nitrogens with two attached hydrogens (primary N) is 1. The van der Waals surface area contributed by atoms with Crippen LogP contribution in [0.4, 0.5) is 0 Å². The monoisotopic (exact) mass is 764 g/mol. The molecule has 0 bridgehead atoms. The van der Waals surface area contributed by atoms with E-state index in [1.54, 1.807) is 0 Å². The van der Waals surface area contributed by atoms with Gasteiger partial charge in [-0.3, -0.25) is 18.6 Å². The molecule has 3 N–H and O–H groups in total. The molecular weight excluding hydrogens is 689 g/mol. The van der Waals surface area contributed by atoms with E-state index >= 15 is 0 Å². The van der Waals surface area contributed by atoms with E-state index in [-0.39, 0.29) is 32.6 Å². The minimum Gasteiger partial charge on any atom is -0.462 e. The van der Waals surface area contributed by atoms with Gasteiger partial charge in [0, 0.05) is 19.4 Å². The molecule has 0 rings (SSSR count). The summed E-state index contributed by atoms with van der Waals surface area (Å²) < 4.78 is 32.6. The zero-order valence-electron chi connectivity index (χ0n) is 33.2. The van der Waals surface area contributed by atoms with Crippen molar-refractivity contribution in [1.82, 2.24) is 0 Å². The van der Waals surface area contributed by atoms with Gasteiger partial charge in [-0.2, -0.15) is 0 Å². The Hall–Kier alpha value is -2.55. The van der Waals surface area contributed by atoms with E-state index in [9.17, 15) is 19.0 Å². The average Bonchev–Trinajstić information content (AvgIpc) is 3.14. The molecule has 0 aliphatic heterocycles. The van der Waals surface area contributed by atoms with Gasteiger partial charge < -0.3 is 20.1 Å². The van der Waals surface area contributed by atoms with E-state index in [2.05, 4.69) is 80.7 Å². The third-order valence-electron chi connectivity index (χ3n) is 8.06. The smallest absolute Gasteiger partial charge is 0.462 e. The average molecular weight is 764 g/mol. The fraction of sp³-hybridized carbons (Fsp3) is 0.674. The van der Waals surface area contributed by atoms with E-state index in [0.29, 0.717) is 12.8 Å². The minimum absolute atomic E-state index is 0.0373. The molecule has 0 saturated heterocycles. The lowest BCUT2D eigenvalue weighted by atomic mass is 10.1. The molecule has 0 aliphatic rings. The van der Waals surface area contributed by atoms with Crippen LogP contribution in [-0.2, 0) is 32.7 Å². The summed E-state index contributed by atoms with van der Waals surface area (Å²) in [6, 6.07) is 0. The van der Waals surface area contributed by atoms with E-state index in [1.807, 2.05) is 6.08 Å². The molecule has 0 fully saturated rings. The van der Waals surface area contributed by atoms with Crippen molar-refractivity contribution in [2.45, 2.75) is 161 Å². The molecule has 53 heavy (non-hydrogen) atoms. The van der Waals surface area contributed by atoms with Crippen molar-refractivity contribution in [2.24, 2.45) is 5.73 Å². The molecule has 0 aliphatic carbocycles. The first-order chi connectivity index (χ1) is 25.8. The number of carbonyl (C=O) groups excluding carboxylic acids is 2. The number of rotatable bonds is 37. The molecular formula is C43H74NO8P. The summed E-state index contributed by atoms with van der Waals surface area (Å²) in [5, 5.41) is 0. The Bertz CT molecular complexity index is 1100. The molecule has 0 amide bonds. The van der Waals surface area contributed by atoms with Crippen LogP contribution in [0.3, 0.4) is 0 Å². The first-order valence-corrected chi connectivity index (χ1v) is 21.9. The molecule has 0 aromatic heterocycles. The summed E-state index contributed by atoms with van der Waals surface area (Å²) in [5.41, 5.74) is 5.33. The maximum Gasteiger partial charge on any atom is 0.472 e. The van der Waals surface area contributed by atoms with Gasteiger partial charge in [0.2, 0.25) is 0 Å². The molecule has 304 valence electrons. The number of hydrogen-bond donors (Lipinski definition) is 2. The van der Waals surface area contributed by atoms with Crippen LogP contribution in [0.5, 0.6) is 0 Å². The third-order valence-corrected chi connectivity index (χ3v) is 9.05. The number of phosphoric ester groups is 1. The molecule has 0 radical (unpaired) electrons. The Morgan fingerprint density at radius 3 is 1.55 bits per heavy atom. The number of allylic oxidation sites excluding steroid dienone is 12. The molecule has 0 heterocycles. The lowest BCUT2D eigenvalue weighted by Gasteiger charge is -2.19. The fourth-order valence-corrected chi connectivity index (χ4v) is 5.77. The van der Waals surface area contributed by atoms with Crippen molar-refractivity contribution >= 4 is 19.8 Å². The molecule has 9 nitrogen and oxygen atoms in total. The Kier molecular flexibility index (Phi) is 37.3. The van der Waals surface area contributed by atoms with Crippen molar-refractivity contribution < 1.29 is 37.6 Å². The van der Waals surface area contributed by atoms with Crippen molar-refractivity contribution in [1.29, 1.82) is 0 Å². The van der Waals surface area contributed by atoms with Gasteiger partial charge in [-0.05, 0) is 83.5 Å². The van der Waals surface area contributed by atoms with Crippen LogP contribution in [0.25, 0.3) is 0 Å². The van der Waals surface area contributed by atoms with Gasteiger partial charge in [-0.15, -0.1) is 0 Å². The largest absolute Gasteiger partial charge is 0.472 e. The molecule has 2 atom stereocenters. The van der Waals surface area contributed by atoms with Gasteiger partial charge in [0.05, 0.1) is 13.2 Å². The number of ether oxygens (including phenoxy) is 2. The number of esters is 2. The normalized spacial score (nSPS) is 14.1. The second-order valence-electron chi connectivity index (χ2n) is 13.1. The summed E-state index contributed by atoms with van der Waals surface area (Å²) >= 11 is 0. The highest BCUT2D eigenvalue weighted by Gasteiger charge is 2.25. The molecule has 0 spiro atoms.